The zero-order chi connectivity index (χ0) is 10.0. The molecule has 6 heteroatoms. The molecular weight excluding hydrogens is 271 g/mol. The monoisotopic (exact) mass is 282 g/mol. The minimum atomic E-state index is -0.627. The highest BCUT2D eigenvalue weighted by molar-refractivity contribution is 9.10. The molecule has 0 radical (unpaired) electrons. The fraction of sp³-hybridized carbons (Fsp3) is 0.250. The van der Waals surface area contributed by atoms with Gasteiger partial charge in [0.1, 0.15) is 5.75 Å². The lowest BCUT2D eigenvalue weighted by molar-refractivity contribution is 0.265. The van der Waals surface area contributed by atoms with Crippen LogP contribution in [-0.4, -0.2) is 16.8 Å². The number of rotatable bonds is 2. The van der Waals surface area contributed by atoms with Crippen molar-refractivity contribution in [2.45, 2.75) is 6.04 Å². The van der Waals surface area contributed by atoms with E-state index in [1.807, 2.05) is 0 Å². The van der Waals surface area contributed by atoms with Crippen LogP contribution in [0.5, 0.6) is 5.75 Å². The quantitative estimate of drug-likeness (QED) is 0.484. The normalized spacial score (nSPS) is 11.9. The topological polar surface area (TPSA) is 92.5 Å². The molecule has 0 amide bonds. The van der Waals surface area contributed by atoms with Gasteiger partial charge in [0.2, 0.25) is 0 Å². The van der Waals surface area contributed by atoms with E-state index in [2.05, 4.69) is 15.9 Å². The van der Waals surface area contributed by atoms with Crippen LogP contribution in [0, 0.1) is 0 Å². The van der Waals surface area contributed by atoms with Crippen molar-refractivity contribution in [1.29, 1.82) is 0 Å². The first kappa shape index (κ1) is 13.5. The summed E-state index contributed by atoms with van der Waals surface area (Å²) in [6, 6.07) is 2.62. The highest BCUT2D eigenvalue weighted by Crippen LogP contribution is 2.34. The Kier molecular flexibility index (Phi) is 5.22. The Labute approximate surface area is 96.5 Å². The third-order valence-electron chi connectivity index (χ3n) is 1.76. The molecule has 0 aliphatic rings. The number of hydrogen-bond donors (Lipinski definition) is 4. The maximum Gasteiger partial charge on any atom is 0.144 e. The largest absolute Gasteiger partial charge is 0.505 e. The Morgan fingerprint density at radius 3 is 2.50 bits per heavy atom. The number of aliphatic hydroxyl groups excluding tert-OH is 1. The van der Waals surface area contributed by atoms with E-state index in [9.17, 15) is 5.11 Å². The first-order valence-corrected chi connectivity index (χ1v) is 4.50. The highest BCUT2D eigenvalue weighted by Gasteiger charge is 2.15. The van der Waals surface area contributed by atoms with E-state index in [-0.39, 0.29) is 30.5 Å². The van der Waals surface area contributed by atoms with Crippen LogP contribution in [0.25, 0.3) is 0 Å². The molecule has 0 spiro atoms. The van der Waals surface area contributed by atoms with Gasteiger partial charge in [-0.15, -0.1) is 12.4 Å². The van der Waals surface area contributed by atoms with Crippen molar-refractivity contribution in [2.24, 2.45) is 5.73 Å². The molecular formula is C8H12BrClN2O2. The molecule has 0 aliphatic heterocycles. The number of phenolic OH excluding ortho intramolecular Hbond substituents is 1. The van der Waals surface area contributed by atoms with Crippen LogP contribution in [0.3, 0.4) is 0 Å². The van der Waals surface area contributed by atoms with Gasteiger partial charge in [0, 0.05) is 10.0 Å². The Morgan fingerprint density at radius 2 is 2.00 bits per heavy atom. The predicted octanol–water partition coefficient (Wildman–Crippen LogP) is 1.15. The minimum Gasteiger partial charge on any atom is -0.505 e. The van der Waals surface area contributed by atoms with E-state index in [1.54, 1.807) is 12.1 Å². The molecule has 0 saturated carbocycles. The molecule has 0 unspecified atom stereocenters. The second kappa shape index (κ2) is 5.41. The molecule has 1 aromatic rings. The van der Waals surface area contributed by atoms with E-state index < -0.39 is 6.04 Å². The molecule has 0 aromatic heterocycles. The van der Waals surface area contributed by atoms with Crippen LogP contribution >= 0.6 is 28.3 Å². The van der Waals surface area contributed by atoms with Gasteiger partial charge in [-0.25, -0.2) is 0 Å². The number of halogens is 2. The van der Waals surface area contributed by atoms with Crippen molar-refractivity contribution in [3.63, 3.8) is 0 Å². The molecule has 1 rings (SSSR count). The smallest absolute Gasteiger partial charge is 0.144 e. The van der Waals surface area contributed by atoms with Gasteiger partial charge in [0.25, 0.3) is 0 Å². The van der Waals surface area contributed by atoms with E-state index in [4.69, 9.17) is 16.6 Å². The summed E-state index contributed by atoms with van der Waals surface area (Å²) < 4.78 is 0.640. The summed E-state index contributed by atoms with van der Waals surface area (Å²) in [5.41, 5.74) is 11.7. The maximum absolute atomic E-state index is 9.53. The van der Waals surface area contributed by atoms with Gasteiger partial charge in [-0.3, -0.25) is 0 Å². The lowest BCUT2D eigenvalue weighted by Gasteiger charge is -2.14. The number of aromatic hydroxyl groups is 1. The molecule has 0 aliphatic carbocycles. The second-order valence-corrected chi connectivity index (χ2v) is 3.54. The number of anilines is 1. The van der Waals surface area contributed by atoms with E-state index in [0.717, 1.165) is 0 Å². The SMILES string of the molecule is Cl.Nc1ccc(Br)c([C@H](N)CO)c1O. The predicted molar refractivity (Wildman–Crippen MR) is 61.5 cm³/mol. The zero-order valence-electron chi connectivity index (χ0n) is 7.27. The van der Waals surface area contributed by atoms with Crippen molar-refractivity contribution < 1.29 is 10.2 Å². The Morgan fingerprint density at radius 1 is 1.43 bits per heavy atom. The molecule has 1 aromatic carbocycles. The van der Waals surface area contributed by atoms with Gasteiger partial charge in [0.05, 0.1) is 18.3 Å². The van der Waals surface area contributed by atoms with Crippen LogP contribution in [0.2, 0.25) is 0 Å². The van der Waals surface area contributed by atoms with E-state index in [0.29, 0.717) is 10.0 Å². The van der Waals surface area contributed by atoms with Gasteiger partial charge >= 0.3 is 0 Å². The molecule has 80 valence electrons. The van der Waals surface area contributed by atoms with Crippen LogP contribution in [-0.2, 0) is 0 Å². The lowest BCUT2D eigenvalue weighted by Crippen LogP contribution is -2.15. The summed E-state index contributed by atoms with van der Waals surface area (Å²) in [5.74, 6) is -0.0732. The fourth-order valence-electron chi connectivity index (χ4n) is 1.04. The Balaban J connectivity index is 0.00000169. The van der Waals surface area contributed by atoms with Crippen molar-refractivity contribution in [3.05, 3.63) is 22.2 Å². The van der Waals surface area contributed by atoms with Crippen LogP contribution in [0.1, 0.15) is 11.6 Å². The minimum absolute atomic E-state index is 0. The molecule has 4 nitrogen and oxygen atoms in total. The average Bonchev–Trinajstić information content (AvgIpc) is 2.12. The van der Waals surface area contributed by atoms with Crippen LogP contribution in [0.4, 0.5) is 5.69 Å². The summed E-state index contributed by atoms with van der Waals surface area (Å²) in [6.45, 7) is -0.240. The molecule has 0 fully saturated rings. The number of nitrogen functional groups attached to an aromatic ring is 1. The van der Waals surface area contributed by atoms with Crippen molar-refractivity contribution in [1.82, 2.24) is 0 Å². The van der Waals surface area contributed by atoms with Crippen LogP contribution < -0.4 is 11.5 Å². The highest BCUT2D eigenvalue weighted by atomic mass is 79.9. The van der Waals surface area contributed by atoms with E-state index in [1.165, 1.54) is 0 Å². The second-order valence-electron chi connectivity index (χ2n) is 2.69. The third-order valence-corrected chi connectivity index (χ3v) is 2.45. The number of nitrogens with two attached hydrogens (primary N) is 2. The lowest BCUT2D eigenvalue weighted by atomic mass is 10.1. The van der Waals surface area contributed by atoms with Gasteiger partial charge in [-0.2, -0.15) is 0 Å². The molecule has 6 N–H and O–H groups in total. The van der Waals surface area contributed by atoms with Crippen molar-refractivity contribution in [3.8, 4) is 5.75 Å². The first-order valence-electron chi connectivity index (χ1n) is 3.71. The number of benzene rings is 1. The summed E-state index contributed by atoms with van der Waals surface area (Å²) in [4.78, 5) is 0. The number of hydrogen-bond acceptors (Lipinski definition) is 4. The van der Waals surface area contributed by atoms with Crippen molar-refractivity contribution >= 4 is 34.0 Å². The van der Waals surface area contributed by atoms with Crippen molar-refractivity contribution in [2.75, 3.05) is 12.3 Å². The molecule has 0 saturated heterocycles. The molecule has 1 atom stereocenters. The number of aliphatic hydroxyl groups is 1. The van der Waals surface area contributed by atoms with Gasteiger partial charge in [-0.1, -0.05) is 15.9 Å². The Hall–Kier alpha value is -0.490. The van der Waals surface area contributed by atoms with Crippen LogP contribution in [0.15, 0.2) is 16.6 Å². The molecule has 0 bridgehead atoms. The van der Waals surface area contributed by atoms with Gasteiger partial charge in [0.15, 0.2) is 0 Å². The van der Waals surface area contributed by atoms with Gasteiger partial charge in [-0.05, 0) is 12.1 Å². The first-order chi connectivity index (χ1) is 6.07. The average molecular weight is 284 g/mol. The summed E-state index contributed by atoms with van der Waals surface area (Å²) in [7, 11) is 0. The standard InChI is InChI=1S/C8H11BrN2O2.ClH/c9-4-1-2-5(10)8(13)7(4)6(11)3-12;/h1-2,6,12-13H,3,10-11H2;1H/t6-;/m1./s1. The summed E-state index contributed by atoms with van der Waals surface area (Å²) in [6.07, 6.45) is 0. The third kappa shape index (κ3) is 2.51. The maximum atomic E-state index is 9.53. The van der Waals surface area contributed by atoms with Gasteiger partial charge < -0.3 is 21.7 Å². The summed E-state index contributed by atoms with van der Waals surface area (Å²) in [5, 5.41) is 18.4. The number of phenols is 1. The molecule has 0 heterocycles. The molecule has 14 heavy (non-hydrogen) atoms. The fourth-order valence-corrected chi connectivity index (χ4v) is 1.66. The Bertz CT molecular complexity index is 322. The zero-order valence-corrected chi connectivity index (χ0v) is 9.68. The summed E-state index contributed by atoms with van der Waals surface area (Å²) >= 11 is 3.22. The van der Waals surface area contributed by atoms with E-state index >= 15 is 0 Å².